The van der Waals surface area contributed by atoms with Gasteiger partial charge in [-0.05, 0) is 0 Å². The standard InChI is InChI=1S/C15H10NO4.Hg/c17-14-8-1-11(2-9-14)3-10-15(18)12-4-6-13(7-5-12)16(19)20;/h1-9,17H;. The second kappa shape index (κ2) is 6.63. The van der Waals surface area contributed by atoms with E-state index in [0.29, 0.717) is 8.65 Å². The van der Waals surface area contributed by atoms with Gasteiger partial charge in [-0.15, -0.1) is 0 Å². The summed E-state index contributed by atoms with van der Waals surface area (Å²) >= 11 is 0.100. The van der Waals surface area contributed by atoms with Crippen LogP contribution in [0.3, 0.4) is 0 Å². The second-order valence-electron chi connectivity index (χ2n) is 4.39. The minimum atomic E-state index is -0.494. The summed E-state index contributed by atoms with van der Waals surface area (Å²) in [6, 6.07) is 12.2. The molecule has 0 aliphatic heterocycles. The molecule has 21 heavy (non-hydrogen) atoms. The zero-order valence-electron chi connectivity index (χ0n) is 11.0. The summed E-state index contributed by atoms with van der Waals surface area (Å²) in [5.41, 5.74) is 1.25. The Morgan fingerprint density at radius 3 is 2.19 bits per heavy atom. The third-order valence-electron chi connectivity index (χ3n) is 2.87. The number of aromatic hydroxyl groups is 1. The van der Waals surface area contributed by atoms with E-state index < -0.39 is 4.92 Å². The zero-order valence-corrected chi connectivity index (χ0v) is 16.5. The maximum absolute atomic E-state index is 12.3. The normalized spacial score (nSPS) is 11.2. The molecule has 0 atom stereocenters. The van der Waals surface area contributed by atoms with E-state index in [2.05, 4.69) is 0 Å². The van der Waals surface area contributed by atoms with Gasteiger partial charge in [0.15, 0.2) is 0 Å². The first-order valence-corrected chi connectivity index (χ1v) is 8.84. The Morgan fingerprint density at radius 2 is 1.67 bits per heavy atom. The van der Waals surface area contributed by atoms with Gasteiger partial charge in [0.2, 0.25) is 0 Å². The average molecular weight is 469 g/mol. The number of phenols is 1. The molecular weight excluding hydrogens is 459 g/mol. The molecule has 0 spiro atoms. The third-order valence-corrected chi connectivity index (χ3v) is 4.91. The maximum atomic E-state index is 12.3. The number of nitro groups is 1. The Balaban J connectivity index is 2.22. The van der Waals surface area contributed by atoms with Crippen molar-refractivity contribution in [2.45, 2.75) is 0 Å². The number of carbonyl (C=O) groups excluding carboxylic acids is 1. The van der Waals surface area contributed by atoms with Gasteiger partial charge in [-0.25, -0.2) is 0 Å². The second-order valence-corrected chi connectivity index (χ2v) is 7.36. The van der Waals surface area contributed by atoms with Gasteiger partial charge in [0, 0.05) is 0 Å². The topological polar surface area (TPSA) is 80.4 Å². The van der Waals surface area contributed by atoms with Crippen molar-refractivity contribution in [3.05, 3.63) is 72.9 Å². The van der Waals surface area contributed by atoms with Crippen LogP contribution in [-0.2, 0) is 26.1 Å². The summed E-state index contributed by atoms with van der Waals surface area (Å²) in [7, 11) is 0. The van der Waals surface area contributed by atoms with E-state index in [1.807, 2.05) is 0 Å². The minimum absolute atomic E-state index is 0.0335. The summed E-state index contributed by atoms with van der Waals surface area (Å²) < 4.78 is 0.703. The van der Waals surface area contributed by atoms with Crippen LogP contribution in [-0.4, -0.2) is 15.8 Å². The van der Waals surface area contributed by atoms with E-state index in [9.17, 15) is 20.0 Å². The first-order valence-electron chi connectivity index (χ1n) is 6.09. The molecule has 0 aliphatic rings. The number of nitro benzene ring substituents is 1. The van der Waals surface area contributed by atoms with Crippen molar-refractivity contribution in [3.63, 3.8) is 0 Å². The van der Waals surface area contributed by atoms with Crippen molar-refractivity contribution in [3.8, 4) is 5.75 Å². The Labute approximate surface area is 137 Å². The van der Waals surface area contributed by atoms with Crippen LogP contribution in [0.1, 0.15) is 15.9 Å². The van der Waals surface area contributed by atoms with Crippen LogP contribution in [0.25, 0.3) is 6.08 Å². The van der Waals surface area contributed by atoms with Gasteiger partial charge in [-0.2, -0.15) is 0 Å². The average Bonchev–Trinajstić information content (AvgIpc) is 2.49. The van der Waals surface area contributed by atoms with Crippen LogP contribution >= 0.6 is 0 Å². The molecule has 0 bridgehead atoms. The molecule has 6 heteroatoms. The van der Waals surface area contributed by atoms with Crippen LogP contribution in [0.4, 0.5) is 5.69 Å². The van der Waals surface area contributed by atoms with E-state index in [-0.39, 0.29) is 43.3 Å². The molecule has 101 valence electrons. The van der Waals surface area contributed by atoms with Gasteiger partial charge < -0.3 is 0 Å². The monoisotopic (exact) mass is 470 g/mol. The fourth-order valence-corrected chi connectivity index (χ4v) is 3.47. The molecule has 5 nitrogen and oxygen atoms in total. The predicted molar refractivity (Wildman–Crippen MR) is 73.5 cm³/mol. The van der Waals surface area contributed by atoms with Crippen molar-refractivity contribution >= 4 is 17.5 Å². The first-order chi connectivity index (χ1) is 9.97. The van der Waals surface area contributed by atoms with E-state index >= 15 is 0 Å². The molecule has 2 aromatic carbocycles. The molecule has 0 heterocycles. The van der Waals surface area contributed by atoms with E-state index in [1.54, 1.807) is 30.3 Å². The van der Waals surface area contributed by atoms with Crippen molar-refractivity contribution < 1.29 is 40.9 Å². The number of allylic oxidation sites excluding steroid dienone is 1. The van der Waals surface area contributed by atoms with E-state index in [4.69, 9.17) is 0 Å². The van der Waals surface area contributed by atoms with Crippen LogP contribution in [0.5, 0.6) is 5.75 Å². The molecule has 0 saturated carbocycles. The molecule has 0 saturated heterocycles. The molecule has 0 radical (unpaired) electrons. The zero-order chi connectivity index (χ0) is 15.4. The molecular formula is C15H10HgNO4. The van der Waals surface area contributed by atoms with Gasteiger partial charge in [0.1, 0.15) is 0 Å². The number of benzene rings is 2. The third kappa shape index (κ3) is 3.98. The fraction of sp³-hybridized carbons (Fsp3) is 0. The molecule has 0 aromatic heterocycles. The first kappa shape index (κ1) is 15.4. The number of non-ortho nitro benzene ring substituents is 1. The van der Waals surface area contributed by atoms with Crippen molar-refractivity contribution in [2.24, 2.45) is 0 Å². The molecule has 0 amide bonds. The molecule has 0 fully saturated rings. The number of rotatable bonds is 4. The number of hydrogen-bond donors (Lipinski definition) is 1. The summed E-state index contributed by atoms with van der Waals surface area (Å²) in [5.74, 6) is 0.0648. The fourth-order valence-electron chi connectivity index (χ4n) is 1.76. The van der Waals surface area contributed by atoms with Gasteiger partial charge in [-0.1, -0.05) is 0 Å². The summed E-state index contributed by atoms with van der Waals surface area (Å²) in [4.78, 5) is 22.3. The van der Waals surface area contributed by atoms with Crippen molar-refractivity contribution in [1.82, 2.24) is 0 Å². The Hall–Kier alpha value is -2.01. The number of hydrogen-bond acceptors (Lipinski definition) is 4. The van der Waals surface area contributed by atoms with Crippen LogP contribution in [0.15, 0.2) is 51.6 Å². The SMILES string of the molecule is O=C(/[C]([Hg])=C/c1ccc(O)cc1)c1ccc([N+](=O)[O-])cc1. The Bertz CT molecular complexity index is 705. The molecule has 2 aromatic rings. The quantitative estimate of drug-likeness (QED) is 0.246. The van der Waals surface area contributed by atoms with E-state index in [0.717, 1.165) is 5.56 Å². The van der Waals surface area contributed by atoms with Gasteiger partial charge in [0.25, 0.3) is 0 Å². The summed E-state index contributed by atoms with van der Waals surface area (Å²) in [6.07, 6.45) is 1.78. The summed E-state index contributed by atoms with van der Waals surface area (Å²) in [6.45, 7) is 0. The summed E-state index contributed by atoms with van der Waals surface area (Å²) in [5, 5.41) is 19.8. The Morgan fingerprint density at radius 1 is 1.10 bits per heavy atom. The number of carbonyl (C=O) groups is 1. The number of nitrogens with zero attached hydrogens (tertiary/aromatic N) is 1. The molecule has 0 aliphatic carbocycles. The molecule has 0 unspecified atom stereocenters. The van der Waals surface area contributed by atoms with Crippen LogP contribution < -0.4 is 0 Å². The number of Topliss-reactive ketones (excluding diaryl/α,β-unsaturated/α-hetero) is 1. The molecule has 2 rings (SSSR count). The van der Waals surface area contributed by atoms with E-state index in [1.165, 1.54) is 24.3 Å². The van der Waals surface area contributed by atoms with Crippen LogP contribution in [0, 0.1) is 10.1 Å². The van der Waals surface area contributed by atoms with Gasteiger partial charge >= 0.3 is 137 Å². The molecule has 1 N–H and O–H groups in total. The number of ketones is 1. The van der Waals surface area contributed by atoms with Gasteiger partial charge in [-0.3, -0.25) is 0 Å². The predicted octanol–water partition coefficient (Wildman–Crippen LogP) is 3.07. The van der Waals surface area contributed by atoms with Crippen molar-refractivity contribution in [1.29, 1.82) is 0 Å². The van der Waals surface area contributed by atoms with Crippen molar-refractivity contribution in [2.75, 3.05) is 0 Å². The number of phenolic OH excluding ortho intramolecular Hbond substituents is 1. The Kier molecular flexibility index (Phi) is 4.85. The van der Waals surface area contributed by atoms with Crippen LogP contribution in [0.2, 0.25) is 0 Å². The van der Waals surface area contributed by atoms with Gasteiger partial charge in [0.05, 0.1) is 0 Å².